The number of hydrogen-bond donors (Lipinski definition) is 1. The zero-order valence-electron chi connectivity index (χ0n) is 12.1. The number of H-pyrrole nitrogens is 1. The lowest BCUT2D eigenvalue weighted by molar-refractivity contribution is 0.120. The molecule has 1 N–H and O–H groups in total. The minimum atomic E-state index is 0.634. The van der Waals surface area contributed by atoms with E-state index < -0.39 is 0 Å². The zero-order valence-corrected chi connectivity index (χ0v) is 12.9. The third-order valence-electron chi connectivity index (χ3n) is 5.06. The van der Waals surface area contributed by atoms with Gasteiger partial charge >= 0.3 is 0 Å². The van der Waals surface area contributed by atoms with Crippen LogP contribution in [0.25, 0.3) is 10.9 Å². The van der Waals surface area contributed by atoms with Crippen molar-refractivity contribution in [3.8, 4) is 0 Å². The van der Waals surface area contributed by atoms with Gasteiger partial charge in [-0.3, -0.25) is 5.10 Å². The van der Waals surface area contributed by atoms with Crippen LogP contribution in [-0.4, -0.2) is 46.7 Å². The van der Waals surface area contributed by atoms with Crippen LogP contribution in [-0.2, 0) is 6.42 Å². The molecule has 2 aliphatic rings. The maximum Gasteiger partial charge on any atom is 0.0719 e. The van der Waals surface area contributed by atoms with Crippen molar-refractivity contribution in [2.24, 2.45) is 5.92 Å². The second kappa shape index (κ2) is 4.78. The number of hydrogen-bond acceptors (Lipinski definition) is 3. The van der Waals surface area contributed by atoms with Gasteiger partial charge in [-0.25, -0.2) is 0 Å². The molecule has 3 atom stereocenters. The number of piperidine rings is 1. The molecule has 1 aromatic carbocycles. The number of aromatic nitrogens is 2. The molecule has 0 radical (unpaired) electrons. The van der Waals surface area contributed by atoms with E-state index in [9.17, 15) is 0 Å². The highest BCUT2D eigenvalue weighted by molar-refractivity contribution is 7.98. The van der Waals surface area contributed by atoms with E-state index in [-0.39, 0.29) is 0 Å². The lowest BCUT2D eigenvalue weighted by atomic mass is 9.73. The average molecular weight is 287 g/mol. The fraction of sp³-hybridized carbons (Fsp3) is 0.562. The Bertz CT molecular complexity index is 636. The molecule has 0 saturated carbocycles. The van der Waals surface area contributed by atoms with E-state index >= 15 is 0 Å². The highest BCUT2D eigenvalue weighted by Gasteiger charge is 2.39. The summed E-state index contributed by atoms with van der Waals surface area (Å²) in [4.78, 5) is 2.57. The third kappa shape index (κ3) is 1.81. The van der Waals surface area contributed by atoms with Crippen LogP contribution in [0, 0.1) is 5.92 Å². The molecule has 3 nitrogen and oxygen atoms in total. The summed E-state index contributed by atoms with van der Waals surface area (Å²) in [6.45, 7) is 1.23. The molecule has 4 rings (SSSR count). The molecule has 0 spiro atoms. The Kier molecular flexibility index (Phi) is 3.04. The highest BCUT2D eigenvalue weighted by Crippen LogP contribution is 2.43. The van der Waals surface area contributed by atoms with E-state index in [4.69, 9.17) is 0 Å². The quantitative estimate of drug-likeness (QED) is 0.921. The van der Waals surface area contributed by atoms with Gasteiger partial charge in [0.2, 0.25) is 0 Å². The summed E-state index contributed by atoms with van der Waals surface area (Å²) < 4.78 is 0. The molecule has 106 valence electrons. The van der Waals surface area contributed by atoms with Crippen LogP contribution >= 0.6 is 11.8 Å². The van der Waals surface area contributed by atoms with Gasteiger partial charge in [-0.15, -0.1) is 0 Å². The van der Waals surface area contributed by atoms with Crippen molar-refractivity contribution in [1.82, 2.24) is 15.1 Å². The molecule has 1 saturated heterocycles. The monoisotopic (exact) mass is 287 g/mol. The second-order valence-electron chi connectivity index (χ2n) is 6.31. The van der Waals surface area contributed by atoms with Gasteiger partial charge in [0.05, 0.1) is 11.2 Å². The van der Waals surface area contributed by atoms with E-state index in [1.165, 1.54) is 40.9 Å². The Hall–Kier alpha value is -1.00. The summed E-state index contributed by atoms with van der Waals surface area (Å²) in [5.74, 6) is 2.78. The Balaban J connectivity index is 1.79. The van der Waals surface area contributed by atoms with Crippen molar-refractivity contribution in [2.75, 3.05) is 25.6 Å². The van der Waals surface area contributed by atoms with Gasteiger partial charge in [0, 0.05) is 30.3 Å². The Morgan fingerprint density at radius 2 is 2.35 bits per heavy atom. The number of nitrogens with zero attached hydrogens (tertiary/aromatic N) is 2. The first-order chi connectivity index (χ1) is 9.78. The first-order valence-electron chi connectivity index (χ1n) is 7.43. The normalized spacial score (nSPS) is 29.6. The molecule has 2 aromatic rings. The third-order valence-corrected chi connectivity index (χ3v) is 5.87. The lowest BCUT2D eigenvalue weighted by Gasteiger charge is -2.45. The van der Waals surface area contributed by atoms with E-state index in [2.05, 4.69) is 46.6 Å². The molecule has 20 heavy (non-hydrogen) atoms. The van der Waals surface area contributed by atoms with Crippen molar-refractivity contribution in [2.45, 2.75) is 24.8 Å². The molecule has 1 fully saturated rings. The van der Waals surface area contributed by atoms with Crippen LogP contribution in [0.1, 0.15) is 23.6 Å². The van der Waals surface area contributed by atoms with Crippen LogP contribution in [0.15, 0.2) is 18.2 Å². The summed E-state index contributed by atoms with van der Waals surface area (Å²) >= 11 is 1.98. The minimum Gasteiger partial charge on any atom is -0.302 e. The average Bonchev–Trinajstić information content (AvgIpc) is 2.86. The predicted octanol–water partition coefficient (Wildman–Crippen LogP) is 2.89. The van der Waals surface area contributed by atoms with E-state index in [0.29, 0.717) is 12.0 Å². The van der Waals surface area contributed by atoms with Crippen LogP contribution in [0.3, 0.4) is 0 Å². The number of thioether (sulfide) groups is 1. The molecule has 1 aromatic heterocycles. The number of fused-ring (bicyclic) bond motifs is 2. The minimum absolute atomic E-state index is 0.634. The fourth-order valence-corrected chi connectivity index (χ4v) is 4.97. The molecule has 2 heterocycles. The van der Waals surface area contributed by atoms with Crippen molar-refractivity contribution in [3.63, 3.8) is 0 Å². The first kappa shape index (κ1) is 12.7. The molecule has 4 heteroatoms. The van der Waals surface area contributed by atoms with Gasteiger partial charge in [-0.1, -0.05) is 12.1 Å². The van der Waals surface area contributed by atoms with E-state index in [1.54, 1.807) is 0 Å². The maximum atomic E-state index is 4.55. The predicted molar refractivity (Wildman–Crippen MR) is 85.4 cm³/mol. The van der Waals surface area contributed by atoms with Gasteiger partial charge in [0.15, 0.2) is 0 Å². The number of likely N-dealkylation sites (tertiary alicyclic amines) is 1. The smallest absolute Gasteiger partial charge is 0.0719 e. The molecule has 1 aliphatic carbocycles. The highest BCUT2D eigenvalue weighted by atomic mass is 32.2. The van der Waals surface area contributed by atoms with Gasteiger partial charge in [-0.05, 0) is 43.0 Å². The van der Waals surface area contributed by atoms with Crippen LogP contribution in [0.5, 0.6) is 0 Å². The van der Waals surface area contributed by atoms with Crippen molar-refractivity contribution < 1.29 is 0 Å². The number of nitrogens with one attached hydrogen (secondary N) is 1. The maximum absolute atomic E-state index is 4.55. The second-order valence-corrected chi connectivity index (χ2v) is 7.23. The summed E-state index contributed by atoms with van der Waals surface area (Å²) in [6, 6.07) is 7.30. The lowest BCUT2D eigenvalue weighted by Crippen LogP contribution is -2.48. The first-order valence-corrected chi connectivity index (χ1v) is 8.82. The van der Waals surface area contributed by atoms with Gasteiger partial charge in [0.1, 0.15) is 0 Å². The molecule has 2 unspecified atom stereocenters. The largest absolute Gasteiger partial charge is 0.302 e. The van der Waals surface area contributed by atoms with Crippen molar-refractivity contribution in [3.05, 3.63) is 29.5 Å². The number of likely N-dealkylation sites (N-methyl/N-ethyl adjacent to an activating group) is 1. The van der Waals surface area contributed by atoms with Gasteiger partial charge < -0.3 is 4.90 Å². The Morgan fingerprint density at radius 1 is 1.45 bits per heavy atom. The van der Waals surface area contributed by atoms with Crippen molar-refractivity contribution >= 4 is 22.7 Å². The summed E-state index contributed by atoms with van der Waals surface area (Å²) in [5.41, 5.74) is 4.01. The Morgan fingerprint density at radius 3 is 3.20 bits per heavy atom. The molecule has 0 amide bonds. The SMILES string of the molecule is CSCC1CC2c3cccc4[nH]nc(c34)C[C@H]2N(C)C1. The summed E-state index contributed by atoms with van der Waals surface area (Å²) in [5, 5.41) is 9.17. The topological polar surface area (TPSA) is 31.9 Å². The van der Waals surface area contributed by atoms with Crippen molar-refractivity contribution in [1.29, 1.82) is 0 Å². The number of rotatable bonds is 2. The molecular formula is C16H21N3S. The molecular weight excluding hydrogens is 266 g/mol. The molecule has 1 aliphatic heterocycles. The number of benzene rings is 1. The summed E-state index contributed by atoms with van der Waals surface area (Å²) in [6.07, 6.45) is 4.66. The van der Waals surface area contributed by atoms with Gasteiger partial charge in [0.25, 0.3) is 0 Å². The number of aromatic amines is 1. The fourth-order valence-electron chi connectivity index (χ4n) is 4.25. The van der Waals surface area contributed by atoms with Crippen LogP contribution in [0.4, 0.5) is 0 Å². The van der Waals surface area contributed by atoms with Crippen LogP contribution < -0.4 is 0 Å². The van der Waals surface area contributed by atoms with Crippen LogP contribution in [0.2, 0.25) is 0 Å². The molecule has 0 bridgehead atoms. The standard InChI is InChI=1S/C16H21N3S/c1-19-8-10(9-20-2)6-12-11-4-3-5-13-16(11)14(18-17-13)7-15(12)19/h3-5,10,12,15H,6-9H2,1-2H3,(H,17,18)/t10?,12?,15-/m1/s1. The Labute approximate surface area is 124 Å². The van der Waals surface area contributed by atoms with Gasteiger partial charge in [-0.2, -0.15) is 16.9 Å². The van der Waals surface area contributed by atoms with E-state index in [0.717, 1.165) is 12.3 Å². The van der Waals surface area contributed by atoms with E-state index in [1.807, 2.05) is 11.8 Å². The zero-order chi connectivity index (χ0) is 13.7. The summed E-state index contributed by atoms with van der Waals surface area (Å²) in [7, 11) is 2.29.